The van der Waals surface area contributed by atoms with Crippen molar-refractivity contribution < 1.29 is 23.8 Å². The molecule has 3 aliphatic rings. The van der Waals surface area contributed by atoms with Crippen LogP contribution in [0.5, 0.6) is 11.5 Å². The first-order valence-corrected chi connectivity index (χ1v) is 14.6. The van der Waals surface area contributed by atoms with Crippen LogP contribution in [0.15, 0.2) is 65.0 Å². The molecule has 6 heteroatoms. The first-order chi connectivity index (χ1) is 19.4. The SMILES string of the molecule is COCCN1C2=C(C(=O)CC(C)(C)C2)C(c2ccc(OCc3ccc(C)cc3)c(OC)c2)C2=C1CC(C)(C)CC2=O. The van der Waals surface area contributed by atoms with Crippen molar-refractivity contribution >= 4 is 11.6 Å². The van der Waals surface area contributed by atoms with Gasteiger partial charge in [0.05, 0.1) is 13.7 Å². The van der Waals surface area contributed by atoms with Crippen LogP contribution in [-0.4, -0.2) is 43.8 Å². The fraction of sp³-hybridized carbons (Fsp3) is 0.486. The Morgan fingerprint density at radius 3 is 1.93 bits per heavy atom. The van der Waals surface area contributed by atoms with Gasteiger partial charge in [-0.2, -0.15) is 0 Å². The number of benzene rings is 2. The average Bonchev–Trinajstić information content (AvgIpc) is 2.90. The molecular formula is C35H43NO5. The lowest BCUT2D eigenvalue weighted by Crippen LogP contribution is -2.45. The Kier molecular flexibility index (Phi) is 7.90. The zero-order valence-corrected chi connectivity index (χ0v) is 25.6. The average molecular weight is 558 g/mol. The highest BCUT2D eigenvalue weighted by molar-refractivity contribution is 6.06. The fourth-order valence-electron chi connectivity index (χ4n) is 6.66. The Morgan fingerprint density at radius 2 is 1.39 bits per heavy atom. The van der Waals surface area contributed by atoms with Crippen LogP contribution in [0, 0.1) is 17.8 Å². The number of Topliss-reactive ketones (excluding diaryl/α,β-unsaturated/α-hetero) is 2. The van der Waals surface area contributed by atoms with Crippen LogP contribution in [-0.2, 0) is 20.9 Å². The zero-order chi connectivity index (χ0) is 29.5. The normalized spacial score (nSPS) is 20.2. The minimum absolute atomic E-state index is 0.117. The summed E-state index contributed by atoms with van der Waals surface area (Å²) in [5, 5.41) is 0. The van der Waals surface area contributed by atoms with Crippen molar-refractivity contribution in [1.82, 2.24) is 4.90 Å². The first kappa shape index (κ1) is 29.1. The number of carbonyl (C=O) groups is 2. The van der Waals surface area contributed by atoms with Crippen molar-refractivity contribution in [2.75, 3.05) is 27.4 Å². The molecule has 2 aromatic carbocycles. The Bertz CT molecular complexity index is 1360. The predicted octanol–water partition coefficient (Wildman–Crippen LogP) is 6.91. The summed E-state index contributed by atoms with van der Waals surface area (Å²) >= 11 is 0. The number of rotatable bonds is 8. The third-order valence-corrected chi connectivity index (χ3v) is 8.58. The Labute approximate surface area is 244 Å². The van der Waals surface area contributed by atoms with E-state index in [0.717, 1.165) is 46.5 Å². The minimum atomic E-state index is -0.425. The van der Waals surface area contributed by atoms with Gasteiger partial charge >= 0.3 is 0 Å². The number of nitrogens with zero attached hydrogens (tertiary/aromatic N) is 1. The summed E-state index contributed by atoms with van der Waals surface area (Å²) in [6.45, 7) is 12.2. The summed E-state index contributed by atoms with van der Waals surface area (Å²) in [7, 11) is 3.32. The van der Waals surface area contributed by atoms with Gasteiger partial charge in [-0.25, -0.2) is 0 Å². The quantitative estimate of drug-likeness (QED) is 0.351. The number of methoxy groups -OCH3 is 2. The number of ether oxygens (including phenoxy) is 3. The molecule has 2 aromatic rings. The monoisotopic (exact) mass is 557 g/mol. The van der Waals surface area contributed by atoms with Crippen molar-refractivity contribution in [3.8, 4) is 11.5 Å². The second-order valence-corrected chi connectivity index (χ2v) is 13.4. The fourth-order valence-corrected chi connectivity index (χ4v) is 6.66. The molecule has 0 amide bonds. The highest BCUT2D eigenvalue weighted by Crippen LogP contribution is 2.54. The summed E-state index contributed by atoms with van der Waals surface area (Å²) < 4.78 is 17.4. The number of hydrogen-bond acceptors (Lipinski definition) is 6. The number of ketones is 2. The van der Waals surface area contributed by atoms with Crippen LogP contribution in [0.25, 0.3) is 0 Å². The third-order valence-electron chi connectivity index (χ3n) is 8.58. The summed E-state index contributed by atoms with van der Waals surface area (Å²) in [4.78, 5) is 30.2. The van der Waals surface area contributed by atoms with Gasteiger partial charge in [-0.1, -0.05) is 63.6 Å². The van der Waals surface area contributed by atoms with E-state index in [0.29, 0.717) is 44.1 Å². The topological polar surface area (TPSA) is 65.1 Å². The molecule has 1 aliphatic heterocycles. The van der Waals surface area contributed by atoms with Crippen LogP contribution in [0.2, 0.25) is 0 Å². The predicted molar refractivity (Wildman–Crippen MR) is 160 cm³/mol. The van der Waals surface area contributed by atoms with Gasteiger partial charge < -0.3 is 19.1 Å². The summed E-state index contributed by atoms with van der Waals surface area (Å²) in [6.07, 6.45) is 2.46. The molecule has 0 radical (unpaired) electrons. The number of carbonyl (C=O) groups excluding carboxylic acids is 2. The van der Waals surface area contributed by atoms with Crippen molar-refractivity contribution in [3.63, 3.8) is 0 Å². The van der Waals surface area contributed by atoms with E-state index in [9.17, 15) is 9.59 Å². The molecule has 0 N–H and O–H groups in total. The van der Waals surface area contributed by atoms with Gasteiger partial charge in [-0.05, 0) is 53.9 Å². The molecule has 0 atom stereocenters. The molecular weight excluding hydrogens is 514 g/mol. The molecule has 41 heavy (non-hydrogen) atoms. The van der Waals surface area contributed by atoms with Gasteiger partial charge in [0.15, 0.2) is 23.1 Å². The van der Waals surface area contributed by atoms with E-state index in [1.807, 2.05) is 18.2 Å². The van der Waals surface area contributed by atoms with E-state index < -0.39 is 5.92 Å². The molecule has 0 saturated carbocycles. The molecule has 5 rings (SSSR count). The van der Waals surface area contributed by atoms with Crippen molar-refractivity contribution in [3.05, 3.63) is 81.7 Å². The van der Waals surface area contributed by atoms with Gasteiger partial charge in [0.1, 0.15) is 6.61 Å². The highest BCUT2D eigenvalue weighted by Gasteiger charge is 2.49. The molecule has 0 bridgehead atoms. The Morgan fingerprint density at radius 1 is 0.805 bits per heavy atom. The van der Waals surface area contributed by atoms with Crippen LogP contribution in [0.3, 0.4) is 0 Å². The Hall–Kier alpha value is -3.38. The van der Waals surface area contributed by atoms with E-state index in [4.69, 9.17) is 14.2 Å². The maximum Gasteiger partial charge on any atom is 0.162 e. The minimum Gasteiger partial charge on any atom is -0.493 e. The third kappa shape index (κ3) is 5.85. The first-order valence-electron chi connectivity index (χ1n) is 14.6. The second kappa shape index (κ2) is 11.1. The summed E-state index contributed by atoms with van der Waals surface area (Å²) in [5.41, 5.74) is 6.41. The zero-order valence-electron chi connectivity index (χ0n) is 25.6. The van der Waals surface area contributed by atoms with Gasteiger partial charge in [-0.15, -0.1) is 0 Å². The van der Waals surface area contributed by atoms with Crippen molar-refractivity contribution in [2.24, 2.45) is 10.8 Å². The number of hydrogen-bond donors (Lipinski definition) is 0. The van der Waals surface area contributed by atoms with E-state index in [-0.39, 0.29) is 22.4 Å². The van der Waals surface area contributed by atoms with Crippen LogP contribution >= 0.6 is 0 Å². The maximum absolute atomic E-state index is 14.0. The second-order valence-electron chi connectivity index (χ2n) is 13.4. The van der Waals surface area contributed by atoms with E-state index in [1.165, 1.54) is 5.56 Å². The molecule has 0 fully saturated rings. The van der Waals surface area contributed by atoms with Gasteiger partial charge in [0.25, 0.3) is 0 Å². The van der Waals surface area contributed by atoms with Gasteiger partial charge in [0, 0.05) is 55.0 Å². The van der Waals surface area contributed by atoms with Crippen molar-refractivity contribution in [2.45, 2.75) is 72.8 Å². The molecule has 0 spiro atoms. The lowest BCUT2D eigenvalue weighted by Gasteiger charge is -2.49. The lowest BCUT2D eigenvalue weighted by atomic mass is 9.63. The maximum atomic E-state index is 14.0. The van der Waals surface area contributed by atoms with Crippen LogP contribution in [0.4, 0.5) is 0 Å². The van der Waals surface area contributed by atoms with E-state index >= 15 is 0 Å². The molecule has 218 valence electrons. The standard InChI is InChI=1S/C35H43NO5/c1-22-8-10-23(11-9-22)21-41-29-13-12-24(16-30(29)40-7)31-32-25(17-34(2,3)19-27(32)37)36(14-15-39-6)26-18-35(4,5)20-28(38)33(26)31/h8-13,16,31H,14-15,17-21H2,1-7H3. The molecule has 0 unspecified atom stereocenters. The van der Waals surface area contributed by atoms with E-state index in [1.54, 1.807) is 14.2 Å². The highest BCUT2D eigenvalue weighted by atomic mass is 16.5. The summed E-state index contributed by atoms with van der Waals surface area (Å²) in [6, 6.07) is 14.1. The molecule has 0 aromatic heterocycles. The van der Waals surface area contributed by atoms with Gasteiger partial charge in [-0.3, -0.25) is 9.59 Å². The smallest absolute Gasteiger partial charge is 0.162 e. The van der Waals surface area contributed by atoms with Gasteiger partial charge in [0.2, 0.25) is 0 Å². The summed E-state index contributed by atoms with van der Waals surface area (Å²) in [5.74, 6) is 1.03. The van der Waals surface area contributed by atoms with Crippen LogP contribution < -0.4 is 9.47 Å². The van der Waals surface area contributed by atoms with Crippen LogP contribution in [0.1, 0.15) is 76.0 Å². The number of allylic oxidation sites excluding steroid dienone is 4. The molecule has 2 aliphatic carbocycles. The largest absolute Gasteiger partial charge is 0.493 e. The molecule has 1 heterocycles. The molecule has 0 saturated heterocycles. The van der Waals surface area contributed by atoms with E-state index in [2.05, 4.69) is 63.8 Å². The van der Waals surface area contributed by atoms with Crippen molar-refractivity contribution in [1.29, 1.82) is 0 Å². The Balaban J connectivity index is 1.61. The number of aryl methyl sites for hydroxylation is 1. The lowest BCUT2D eigenvalue weighted by molar-refractivity contribution is -0.119. The molecule has 6 nitrogen and oxygen atoms in total.